The van der Waals surface area contributed by atoms with Crippen molar-refractivity contribution in [2.45, 2.75) is 31.7 Å². The molecule has 0 unspecified atom stereocenters. The van der Waals surface area contributed by atoms with Gasteiger partial charge in [0.05, 0.1) is 11.2 Å². The third-order valence-corrected chi connectivity index (χ3v) is 4.22. The van der Waals surface area contributed by atoms with E-state index < -0.39 is 17.4 Å². The fraction of sp³-hybridized carbons (Fsp3) is 0.333. The van der Waals surface area contributed by atoms with Gasteiger partial charge in [-0.15, -0.1) is 6.42 Å². The third-order valence-electron chi connectivity index (χ3n) is 4.22. The predicted molar refractivity (Wildman–Crippen MR) is 91.7 cm³/mol. The normalized spacial score (nSPS) is 14.9. The van der Waals surface area contributed by atoms with Crippen LogP contribution in [0.1, 0.15) is 30.8 Å². The van der Waals surface area contributed by atoms with Crippen molar-refractivity contribution in [2.24, 2.45) is 0 Å². The Bertz CT molecular complexity index is 821. The maximum absolute atomic E-state index is 13.4. The highest BCUT2D eigenvalue weighted by atomic mass is 19.1. The standard InChI is InChI=1S/C18H19FN4O2/c1-3-9-25-15-10-13(19)5-6-14(15)22-17(24)23-18(7-4-8-18)16-20-11-12(2)21-16/h1,5-6,10-11H,4,7-9H2,2H3,(H,20,21)(H2,22,23,24). The fourth-order valence-electron chi connectivity index (χ4n) is 2.82. The van der Waals surface area contributed by atoms with Crippen molar-refractivity contribution in [1.29, 1.82) is 0 Å². The number of aryl methyl sites for hydroxylation is 1. The molecule has 25 heavy (non-hydrogen) atoms. The van der Waals surface area contributed by atoms with E-state index in [1.807, 2.05) is 6.92 Å². The molecule has 0 bridgehead atoms. The van der Waals surface area contributed by atoms with Crippen molar-refractivity contribution in [3.05, 3.63) is 41.7 Å². The van der Waals surface area contributed by atoms with Gasteiger partial charge in [0.1, 0.15) is 24.0 Å². The topological polar surface area (TPSA) is 79.0 Å². The van der Waals surface area contributed by atoms with Crippen molar-refractivity contribution in [3.63, 3.8) is 0 Å². The van der Waals surface area contributed by atoms with Crippen LogP contribution in [0, 0.1) is 25.1 Å². The van der Waals surface area contributed by atoms with Crippen LogP contribution in [0.5, 0.6) is 5.75 Å². The van der Waals surface area contributed by atoms with Crippen LogP contribution >= 0.6 is 0 Å². The van der Waals surface area contributed by atoms with Gasteiger partial charge in [0.15, 0.2) is 0 Å². The molecule has 0 spiro atoms. The average molecular weight is 342 g/mol. The van der Waals surface area contributed by atoms with E-state index in [0.717, 1.165) is 30.8 Å². The molecular weight excluding hydrogens is 323 g/mol. The molecule has 0 aliphatic heterocycles. The number of carbonyl (C=O) groups is 1. The van der Waals surface area contributed by atoms with E-state index in [1.54, 1.807) is 6.20 Å². The van der Waals surface area contributed by atoms with E-state index in [2.05, 4.69) is 26.5 Å². The molecule has 1 fully saturated rings. The number of amides is 2. The van der Waals surface area contributed by atoms with Gasteiger partial charge in [0.2, 0.25) is 0 Å². The summed E-state index contributed by atoms with van der Waals surface area (Å²) < 4.78 is 18.7. The number of H-pyrrole nitrogens is 1. The van der Waals surface area contributed by atoms with Gasteiger partial charge >= 0.3 is 6.03 Å². The van der Waals surface area contributed by atoms with Crippen molar-refractivity contribution < 1.29 is 13.9 Å². The van der Waals surface area contributed by atoms with E-state index in [9.17, 15) is 9.18 Å². The van der Waals surface area contributed by atoms with Crippen molar-refractivity contribution in [2.75, 3.05) is 11.9 Å². The molecule has 3 N–H and O–H groups in total. The van der Waals surface area contributed by atoms with Gasteiger partial charge in [-0.2, -0.15) is 0 Å². The molecule has 0 saturated heterocycles. The lowest BCUT2D eigenvalue weighted by Crippen LogP contribution is -2.52. The van der Waals surface area contributed by atoms with Gasteiger partial charge in [0.25, 0.3) is 0 Å². The van der Waals surface area contributed by atoms with Gasteiger partial charge in [0, 0.05) is 18.0 Å². The summed E-state index contributed by atoms with van der Waals surface area (Å²) in [6, 6.07) is 3.45. The minimum Gasteiger partial charge on any atom is -0.479 e. The fourth-order valence-corrected chi connectivity index (χ4v) is 2.82. The van der Waals surface area contributed by atoms with Crippen LogP contribution in [-0.2, 0) is 5.54 Å². The number of ether oxygens (including phenoxy) is 1. The Morgan fingerprint density at radius 1 is 1.52 bits per heavy atom. The van der Waals surface area contributed by atoms with Gasteiger partial charge in [-0.1, -0.05) is 5.92 Å². The van der Waals surface area contributed by atoms with Gasteiger partial charge in [-0.25, -0.2) is 14.2 Å². The van der Waals surface area contributed by atoms with E-state index in [4.69, 9.17) is 11.2 Å². The highest BCUT2D eigenvalue weighted by Crippen LogP contribution is 2.40. The molecule has 1 heterocycles. The zero-order valence-electron chi connectivity index (χ0n) is 13.9. The van der Waals surface area contributed by atoms with Crippen LogP contribution in [0.4, 0.5) is 14.9 Å². The number of carbonyl (C=O) groups excluding carboxylic acids is 1. The van der Waals surface area contributed by atoms with Crippen LogP contribution in [-0.4, -0.2) is 22.6 Å². The first kappa shape index (κ1) is 16.8. The SMILES string of the molecule is C#CCOc1cc(F)ccc1NC(=O)NC1(c2ncc(C)[nH]2)CCC1. The number of hydrogen-bond donors (Lipinski definition) is 3. The predicted octanol–water partition coefficient (Wildman–Crippen LogP) is 3.07. The third kappa shape index (κ3) is 3.58. The number of aromatic nitrogens is 2. The minimum absolute atomic E-state index is 0.0185. The quantitative estimate of drug-likeness (QED) is 0.731. The van der Waals surface area contributed by atoms with Crippen LogP contribution in [0.3, 0.4) is 0 Å². The van der Waals surface area contributed by atoms with Crippen LogP contribution < -0.4 is 15.4 Å². The zero-order chi connectivity index (χ0) is 17.9. The Morgan fingerprint density at radius 3 is 2.92 bits per heavy atom. The first-order valence-corrected chi connectivity index (χ1v) is 7.99. The Morgan fingerprint density at radius 2 is 2.32 bits per heavy atom. The molecule has 0 atom stereocenters. The first-order chi connectivity index (χ1) is 12.0. The Labute approximate surface area is 145 Å². The number of aromatic amines is 1. The maximum Gasteiger partial charge on any atom is 0.320 e. The summed E-state index contributed by atoms with van der Waals surface area (Å²) in [5.74, 6) is 2.77. The second kappa shape index (κ2) is 6.85. The van der Waals surface area contributed by atoms with E-state index in [-0.39, 0.29) is 12.4 Å². The highest BCUT2D eigenvalue weighted by Gasteiger charge is 2.42. The number of benzene rings is 1. The molecule has 1 aliphatic rings. The van der Waals surface area contributed by atoms with Crippen molar-refractivity contribution in [3.8, 4) is 18.1 Å². The van der Waals surface area contributed by atoms with Gasteiger partial charge < -0.3 is 20.4 Å². The molecule has 130 valence electrons. The molecule has 1 saturated carbocycles. The lowest BCUT2D eigenvalue weighted by Gasteiger charge is -2.40. The molecule has 0 radical (unpaired) electrons. The summed E-state index contributed by atoms with van der Waals surface area (Å²) in [6.07, 6.45) is 9.51. The maximum atomic E-state index is 13.4. The number of nitrogens with one attached hydrogen (secondary N) is 3. The molecular formula is C18H19FN4O2. The summed E-state index contributed by atoms with van der Waals surface area (Å²) in [6.45, 7) is 1.89. The molecule has 7 heteroatoms. The lowest BCUT2D eigenvalue weighted by atomic mass is 9.76. The number of urea groups is 1. The molecule has 6 nitrogen and oxygen atoms in total. The molecule has 2 aromatic rings. The average Bonchev–Trinajstić information content (AvgIpc) is 2.97. The minimum atomic E-state index is -0.502. The number of rotatable bonds is 5. The number of nitrogens with zero attached hydrogens (tertiary/aromatic N) is 1. The summed E-state index contributed by atoms with van der Waals surface area (Å²) in [7, 11) is 0. The summed E-state index contributed by atoms with van der Waals surface area (Å²) in [5.41, 5.74) is 0.782. The van der Waals surface area contributed by atoms with Crippen LogP contribution in [0.2, 0.25) is 0 Å². The molecule has 1 aromatic heterocycles. The number of halogens is 1. The number of anilines is 1. The number of terminal acetylenes is 1. The van der Waals surface area contributed by atoms with E-state index in [0.29, 0.717) is 5.69 Å². The summed E-state index contributed by atoms with van der Waals surface area (Å²) in [5, 5.41) is 5.67. The number of imidazole rings is 1. The Hall–Kier alpha value is -3.01. The largest absolute Gasteiger partial charge is 0.479 e. The second-order valence-electron chi connectivity index (χ2n) is 6.06. The molecule has 1 aromatic carbocycles. The Kier molecular flexibility index (Phi) is 4.61. The van der Waals surface area contributed by atoms with E-state index in [1.165, 1.54) is 18.2 Å². The van der Waals surface area contributed by atoms with Crippen LogP contribution in [0.25, 0.3) is 0 Å². The van der Waals surface area contributed by atoms with Crippen LogP contribution in [0.15, 0.2) is 24.4 Å². The van der Waals surface area contributed by atoms with Crippen molar-refractivity contribution in [1.82, 2.24) is 15.3 Å². The van der Waals surface area contributed by atoms with Gasteiger partial charge in [-0.3, -0.25) is 0 Å². The summed E-state index contributed by atoms with van der Waals surface area (Å²) >= 11 is 0. The Balaban J connectivity index is 1.73. The smallest absolute Gasteiger partial charge is 0.320 e. The summed E-state index contributed by atoms with van der Waals surface area (Å²) in [4.78, 5) is 20.0. The molecule has 2 amide bonds. The zero-order valence-corrected chi connectivity index (χ0v) is 13.9. The second-order valence-corrected chi connectivity index (χ2v) is 6.06. The lowest BCUT2D eigenvalue weighted by molar-refractivity contribution is 0.176. The van der Waals surface area contributed by atoms with Crippen molar-refractivity contribution >= 4 is 11.7 Å². The molecule has 3 rings (SSSR count). The first-order valence-electron chi connectivity index (χ1n) is 7.99. The molecule has 1 aliphatic carbocycles. The monoisotopic (exact) mass is 342 g/mol. The van der Waals surface area contributed by atoms with E-state index >= 15 is 0 Å². The van der Waals surface area contributed by atoms with Gasteiger partial charge in [-0.05, 0) is 38.3 Å². The number of hydrogen-bond acceptors (Lipinski definition) is 3. The highest BCUT2D eigenvalue weighted by molar-refractivity contribution is 5.91.